The van der Waals surface area contributed by atoms with E-state index < -0.39 is 5.54 Å². The molecule has 150 valence electrons. The largest absolute Gasteiger partial charge is 0.497 e. The number of nitrogens with one attached hydrogen (secondary N) is 1. The number of hydrogen-bond acceptors (Lipinski definition) is 5. The van der Waals surface area contributed by atoms with E-state index >= 15 is 0 Å². The van der Waals surface area contributed by atoms with Gasteiger partial charge in [-0.1, -0.05) is 6.07 Å². The molecule has 0 unspecified atom stereocenters. The third-order valence-electron chi connectivity index (χ3n) is 5.84. The lowest BCUT2D eigenvalue weighted by Gasteiger charge is -2.44. The van der Waals surface area contributed by atoms with Gasteiger partial charge in [-0.15, -0.1) is 0 Å². The lowest BCUT2D eigenvalue weighted by molar-refractivity contribution is -0.135. The number of amides is 1. The first kappa shape index (κ1) is 20.0. The van der Waals surface area contributed by atoms with E-state index in [-0.39, 0.29) is 5.91 Å². The van der Waals surface area contributed by atoms with Crippen LogP contribution in [0.1, 0.15) is 25.7 Å². The molecule has 2 aliphatic rings. The van der Waals surface area contributed by atoms with E-state index in [1.165, 1.54) is 0 Å². The van der Waals surface area contributed by atoms with E-state index in [0.29, 0.717) is 0 Å². The van der Waals surface area contributed by atoms with Crippen molar-refractivity contribution in [3.05, 3.63) is 24.3 Å². The number of carbonyl (C=O) groups is 1. The maximum atomic E-state index is 13.1. The number of methoxy groups -OCH3 is 1. The van der Waals surface area contributed by atoms with Crippen LogP contribution in [0.2, 0.25) is 0 Å². The highest BCUT2D eigenvalue weighted by molar-refractivity contribution is 5.89. The third-order valence-corrected chi connectivity index (χ3v) is 5.84. The monoisotopic (exact) mass is 375 g/mol. The summed E-state index contributed by atoms with van der Waals surface area (Å²) in [5.74, 6) is 1.67. The molecule has 6 nitrogen and oxygen atoms in total. The molecule has 3 rings (SSSR count). The van der Waals surface area contributed by atoms with Gasteiger partial charge >= 0.3 is 0 Å². The molecule has 1 aromatic carbocycles. The normalized spacial score (nSPS) is 20.9. The molecular weight excluding hydrogens is 342 g/mol. The van der Waals surface area contributed by atoms with Crippen LogP contribution in [0.25, 0.3) is 0 Å². The van der Waals surface area contributed by atoms with Crippen LogP contribution in [0.5, 0.6) is 5.75 Å². The molecule has 27 heavy (non-hydrogen) atoms. The number of nitrogens with zero attached hydrogens (tertiary/aromatic N) is 2. The Morgan fingerprint density at radius 1 is 1.30 bits per heavy atom. The average Bonchev–Trinajstić information content (AvgIpc) is 2.70. The number of likely N-dealkylation sites (tertiary alicyclic amines) is 1. The maximum Gasteiger partial charge on any atom is 0.247 e. The molecule has 2 aliphatic heterocycles. The zero-order chi connectivity index (χ0) is 19.3. The summed E-state index contributed by atoms with van der Waals surface area (Å²) in [4.78, 5) is 17.3. The van der Waals surface area contributed by atoms with Gasteiger partial charge in [-0.2, -0.15) is 0 Å². The summed E-state index contributed by atoms with van der Waals surface area (Å²) in [6, 6.07) is 7.83. The Labute approximate surface area is 162 Å². The molecule has 0 bridgehead atoms. The van der Waals surface area contributed by atoms with Crippen LogP contribution in [0.4, 0.5) is 5.69 Å². The van der Waals surface area contributed by atoms with Crippen LogP contribution in [0, 0.1) is 5.92 Å². The topological polar surface area (TPSA) is 54.0 Å². The first-order chi connectivity index (χ1) is 13.0. The van der Waals surface area contributed by atoms with Crippen molar-refractivity contribution in [3.8, 4) is 5.75 Å². The standard InChI is InChI=1S/C21H33N3O3/c1-23(2)20(25)21(22-18-5-4-6-19(15-18)26-3)9-11-24(12-10-21)16-17-7-13-27-14-8-17/h4-6,15,17,22H,7-14,16H2,1-3H3. The number of benzene rings is 1. The first-order valence-corrected chi connectivity index (χ1v) is 9.96. The van der Waals surface area contributed by atoms with Gasteiger partial charge in [-0.25, -0.2) is 0 Å². The Hall–Kier alpha value is -1.79. The predicted octanol–water partition coefficient (Wildman–Crippen LogP) is 2.46. The highest BCUT2D eigenvalue weighted by Crippen LogP contribution is 2.31. The van der Waals surface area contributed by atoms with Gasteiger partial charge in [-0.05, 0) is 43.7 Å². The van der Waals surface area contributed by atoms with E-state index in [4.69, 9.17) is 9.47 Å². The van der Waals surface area contributed by atoms with E-state index in [9.17, 15) is 4.79 Å². The summed E-state index contributed by atoms with van der Waals surface area (Å²) < 4.78 is 10.8. The summed E-state index contributed by atoms with van der Waals surface area (Å²) in [7, 11) is 5.34. The smallest absolute Gasteiger partial charge is 0.247 e. The quantitative estimate of drug-likeness (QED) is 0.828. The van der Waals surface area contributed by atoms with Gasteiger partial charge in [0.05, 0.1) is 7.11 Å². The molecule has 1 aromatic rings. The van der Waals surface area contributed by atoms with Crippen LogP contribution in [0.3, 0.4) is 0 Å². The SMILES string of the molecule is COc1cccc(NC2(C(=O)N(C)C)CCN(CC3CCOCC3)CC2)c1. The number of likely N-dealkylation sites (N-methyl/N-ethyl adjacent to an activating group) is 1. The van der Waals surface area contributed by atoms with Crippen molar-refractivity contribution < 1.29 is 14.3 Å². The molecule has 2 heterocycles. The molecule has 0 aromatic heterocycles. The number of rotatable bonds is 6. The van der Waals surface area contributed by atoms with E-state index in [0.717, 1.165) is 75.9 Å². The summed E-state index contributed by atoms with van der Waals surface area (Å²) in [5, 5.41) is 3.56. The molecule has 0 aliphatic carbocycles. The van der Waals surface area contributed by atoms with Gasteiger partial charge in [0.15, 0.2) is 0 Å². The van der Waals surface area contributed by atoms with E-state index in [1.54, 1.807) is 12.0 Å². The van der Waals surface area contributed by atoms with Gasteiger partial charge in [0, 0.05) is 58.7 Å². The number of anilines is 1. The summed E-state index contributed by atoms with van der Waals surface area (Å²) in [6.45, 7) is 4.77. The molecule has 0 atom stereocenters. The Balaban J connectivity index is 1.68. The molecule has 0 spiro atoms. The third kappa shape index (κ3) is 4.93. The Kier molecular flexibility index (Phi) is 6.60. The Morgan fingerprint density at radius 3 is 2.63 bits per heavy atom. The van der Waals surface area contributed by atoms with Gasteiger partial charge in [0.25, 0.3) is 0 Å². The van der Waals surface area contributed by atoms with Crippen molar-refractivity contribution in [1.29, 1.82) is 0 Å². The zero-order valence-corrected chi connectivity index (χ0v) is 16.9. The predicted molar refractivity (Wildman–Crippen MR) is 107 cm³/mol. The van der Waals surface area contributed by atoms with Crippen LogP contribution in [-0.2, 0) is 9.53 Å². The minimum Gasteiger partial charge on any atom is -0.497 e. The second kappa shape index (κ2) is 8.93. The van der Waals surface area contributed by atoms with Crippen molar-refractivity contribution in [2.45, 2.75) is 31.2 Å². The van der Waals surface area contributed by atoms with Gasteiger partial charge < -0.3 is 24.6 Å². The fourth-order valence-corrected chi connectivity index (χ4v) is 4.21. The second-order valence-corrected chi connectivity index (χ2v) is 7.99. The molecule has 6 heteroatoms. The van der Waals surface area contributed by atoms with Crippen LogP contribution >= 0.6 is 0 Å². The fourth-order valence-electron chi connectivity index (χ4n) is 4.21. The van der Waals surface area contributed by atoms with Crippen LogP contribution in [-0.4, -0.2) is 75.3 Å². The summed E-state index contributed by atoms with van der Waals surface area (Å²) >= 11 is 0. The summed E-state index contributed by atoms with van der Waals surface area (Å²) in [5.41, 5.74) is 0.379. The van der Waals surface area contributed by atoms with Gasteiger partial charge in [0.2, 0.25) is 5.91 Å². The number of carbonyl (C=O) groups excluding carboxylic acids is 1. The minimum absolute atomic E-state index is 0.149. The molecule has 0 saturated carbocycles. The molecule has 0 radical (unpaired) electrons. The summed E-state index contributed by atoms with van der Waals surface area (Å²) in [6.07, 6.45) is 3.93. The maximum absolute atomic E-state index is 13.1. The van der Waals surface area contributed by atoms with Gasteiger partial charge in [0.1, 0.15) is 11.3 Å². The number of ether oxygens (including phenoxy) is 2. The first-order valence-electron chi connectivity index (χ1n) is 9.96. The number of hydrogen-bond donors (Lipinski definition) is 1. The lowest BCUT2D eigenvalue weighted by atomic mass is 9.85. The minimum atomic E-state index is -0.554. The van der Waals surface area contributed by atoms with Crippen molar-refractivity contribution in [3.63, 3.8) is 0 Å². The second-order valence-electron chi connectivity index (χ2n) is 7.99. The Morgan fingerprint density at radius 2 is 2.00 bits per heavy atom. The van der Waals surface area contributed by atoms with Crippen molar-refractivity contribution in [2.24, 2.45) is 5.92 Å². The highest BCUT2D eigenvalue weighted by Gasteiger charge is 2.42. The zero-order valence-electron chi connectivity index (χ0n) is 16.9. The number of piperidine rings is 1. The molecule has 2 fully saturated rings. The molecule has 1 N–H and O–H groups in total. The fraction of sp³-hybridized carbons (Fsp3) is 0.667. The van der Waals surface area contributed by atoms with Gasteiger partial charge in [-0.3, -0.25) is 4.79 Å². The molecule has 2 saturated heterocycles. The Bertz CT molecular complexity index is 621. The highest BCUT2D eigenvalue weighted by atomic mass is 16.5. The molecule has 1 amide bonds. The molecular formula is C21H33N3O3. The lowest BCUT2D eigenvalue weighted by Crippen LogP contribution is -2.58. The van der Waals surface area contributed by atoms with Crippen molar-refractivity contribution >= 4 is 11.6 Å². The van der Waals surface area contributed by atoms with E-state index in [1.807, 2.05) is 38.4 Å². The van der Waals surface area contributed by atoms with Crippen molar-refractivity contribution in [2.75, 3.05) is 59.4 Å². The van der Waals surface area contributed by atoms with Crippen molar-refractivity contribution in [1.82, 2.24) is 9.80 Å². The van der Waals surface area contributed by atoms with E-state index in [2.05, 4.69) is 10.2 Å². The van der Waals surface area contributed by atoms with Crippen LogP contribution < -0.4 is 10.1 Å². The average molecular weight is 376 g/mol. The van der Waals surface area contributed by atoms with Crippen LogP contribution in [0.15, 0.2) is 24.3 Å².